The number of hydrogen-bond acceptors (Lipinski definition) is 2. The summed E-state index contributed by atoms with van der Waals surface area (Å²) in [5.74, 6) is -1.89. The molecule has 0 unspecified atom stereocenters. The smallest absolute Gasteiger partial charge is 0.225 e. The van der Waals surface area contributed by atoms with Gasteiger partial charge in [0.15, 0.2) is 0 Å². The third-order valence-corrected chi connectivity index (χ3v) is 6.60. The first-order chi connectivity index (χ1) is 14.9. The Morgan fingerprint density at radius 1 is 1.06 bits per heavy atom. The zero-order valence-corrected chi connectivity index (χ0v) is 16.9. The molecule has 0 spiro atoms. The van der Waals surface area contributed by atoms with Crippen molar-refractivity contribution < 1.29 is 23.1 Å². The topological polar surface area (TPSA) is 56.3 Å². The van der Waals surface area contributed by atoms with Gasteiger partial charge in [-0.05, 0) is 73.1 Å². The number of aromatic nitrogens is 1. The second kappa shape index (κ2) is 7.71. The van der Waals surface area contributed by atoms with E-state index in [-0.39, 0.29) is 29.1 Å². The number of fused-ring (bicyclic) bond motifs is 1. The summed E-state index contributed by atoms with van der Waals surface area (Å²) in [4.78, 5) is 17.6. The van der Waals surface area contributed by atoms with E-state index in [0.29, 0.717) is 49.0 Å². The SMILES string of the molecule is O=C([C@H]1C[C@H](c2c(-c3ccc(F)cc3)[nH]c3c(F)cc(F)cc32)C1)N1CCC[C@H](O)C1. The summed E-state index contributed by atoms with van der Waals surface area (Å²) >= 11 is 0. The largest absolute Gasteiger partial charge is 0.391 e. The van der Waals surface area contributed by atoms with Crippen LogP contribution in [0.3, 0.4) is 0 Å². The van der Waals surface area contributed by atoms with E-state index < -0.39 is 17.7 Å². The fraction of sp³-hybridized carbons (Fsp3) is 0.375. The number of aliphatic hydroxyl groups is 1. The second-order valence-electron chi connectivity index (χ2n) is 8.68. The van der Waals surface area contributed by atoms with E-state index in [4.69, 9.17) is 0 Å². The van der Waals surface area contributed by atoms with Crippen LogP contribution in [0.25, 0.3) is 22.2 Å². The molecule has 1 aromatic heterocycles. The van der Waals surface area contributed by atoms with Gasteiger partial charge in [-0.1, -0.05) is 0 Å². The normalized spacial score (nSPS) is 23.7. The third-order valence-electron chi connectivity index (χ3n) is 6.60. The Hall–Kier alpha value is -2.80. The van der Waals surface area contributed by atoms with E-state index in [1.54, 1.807) is 17.0 Å². The van der Waals surface area contributed by atoms with Gasteiger partial charge in [-0.2, -0.15) is 0 Å². The number of aliphatic hydroxyl groups excluding tert-OH is 1. The highest BCUT2D eigenvalue weighted by atomic mass is 19.1. The molecular weight excluding hydrogens is 405 g/mol. The van der Waals surface area contributed by atoms with Gasteiger partial charge in [-0.3, -0.25) is 4.79 Å². The number of H-pyrrole nitrogens is 1. The van der Waals surface area contributed by atoms with Crippen molar-refractivity contribution in [2.75, 3.05) is 13.1 Å². The van der Waals surface area contributed by atoms with E-state index in [2.05, 4.69) is 4.98 Å². The zero-order chi connectivity index (χ0) is 21.7. The number of piperidine rings is 1. The molecule has 2 heterocycles. The quantitative estimate of drug-likeness (QED) is 0.634. The summed E-state index contributed by atoms with van der Waals surface area (Å²) in [6.45, 7) is 1.02. The number of carbonyl (C=O) groups excluding carboxylic acids is 1. The molecule has 1 saturated heterocycles. The van der Waals surface area contributed by atoms with Gasteiger partial charge in [0.05, 0.1) is 17.3 Å². The Morgan fingerprint density at radius 3 is 2.52 bits per heavy atom. The van der Waals surface area contributed by atoms with E-state index in [0.717, 1.165) is 18.1 Å². The summed E-state index contributed by atoms with van der Waals surface area (Å²) in [5.41, 5.74) is 2.29. The molecule has 4 nitrogen and oxygen atoms in total. The number of nitrogens with zero attached hydrogens (tertiary/aromatic N) is 1. The number of amides is 1. The molecule has 0 bridgehead atoms. The molecule has 2 aliphatic rings. The molecule has 2 fully saturated rings. The molecule has 2 N–H and O–H groups in total. The lowest BCUT2D eigenvalue weighted by molar-refractivity contribution is -0.141. The average Bonchev–Trinajstić information content (AvgIpc) is 3.07. The fourth-order valence-corrected chi connectivity index (χ4v) is 4.98. The van der Waals surface area contributed by atoms with E-state index in [1.807, 2.05) is 0 Å². The summed E-state index contributed by atoms with van der Waals surface area (Å²) in [5, 5.41) is 10.3. The Bertz CT molecular complexity index is 1140. The predicted molar refractivity (Wildman–Crippen MR) is 111 cm³/mol. The first kappa shape index (κ1) is 20.1. The van der Waals surface area contributed by atoms with Crippen molar-refractivity contribution in [2.24, 2.45) is 5.92 Å². The third kappa shape index (κ3) is 3.61. The number of likely N-dealkylation sites (tertiary alicyclic amines) is 1. The summed E-state index contributed by atoms with van der Waals surface area (Å²) < 4.78 is 41.9. The van der Waals surface area contributed by atoms with Gasteiger partial charge in [0.1, 0.15) is 17.5 Å². The van der Waals surface area contributed by atoms with Crippen molar-refractivity contribution in [1.29, 1.82) is 0 Å². The van der Waals surface area contributed by atoms with Crippen LogP contribution in [0.15, 0.2) is 36.4 Å². The number of benzene rings is 2. The fourth-order valence-electron chi connectivity index (χ4n) is 4.98. The van der Waals surface area contributed by atoms with Crippen molar-refractivity contribution in [3.8, 4) is 11.3 Å². The van der Waals surface area contributed by atoms with Crippen LogP contribution >= 0.6 is 0 Å². The summed E-state index contributed by atoms with van der Waals surface area (Å²) in [6.07, 6.45) is 2.18. The minimum absolute atomic E-state index is 0.0375. The molecule has 7 heteroatoms. The number of hydrogen-bond donors (Lipinski definition) is 2. The van der Waals surface area contributed by atoms with Crippen LogP contribution in [0, 0.1) is 23.4 Å². The number of rotatable bonds is 3. The molecule has 1 amide bonds. The Labute approximate surface area is 177 Å². The molecule has 3 aromatic rings. The maximum Gasteiger partial charge on any atom is 0.225 e. The second-order valence-corrected chi connectivity index (χ2v) is 8.68. The van der Waals surface area contributed by atoms with Gasteiger partial charge in [0, 0.05) is 30.5 Å². The van der Waals surface area contributed by atoms with Gasteiger partial charge < -0.3 is 15.0 Å². The minimum Gasteiger partial charge on any atom is -0.391 e. The molecule has 0 radical (unpaired) electrons. The maximum absolute atomic E-state index is 14.5. The average molecular weight is 428 g/mol. The standard InChI is InChI=1S/C24H23F3N2O2/c25-16-5-3-13(4-6-16)22-21(19-10-17(26)11-20(27)23(19)28-22)14-8-15(9-14)24(31)29-7-1-2-18(30)12-29/h3-6,10-11,14-15,18,28,30H,1-2,7-9,12H2/t14-,15-,18-/m0/s1. The van der Waals surface area contributed by atoms with Crippen LogP contribution in [-0.4, -0.2) is 40.1 Å². The number of aromatic amines is 1. The number of carbonyl (C=O) groups is 1. The van der Waals surface area contributed by atoms with Crippen LogP contribution in [0.1, 0.15) is 37.2 Å². The summed E-state index contributed by atoms with van der Waals surface area (Å²) in [6, 6.07) is 8.02. The molecule has 1 aliphatic carbocycles. The van der Waals surface area contributed by atoms with Crippen molar-refractivity contribution in [3.05, 3.63) is 59.4 Å². The van der Waals surface area contributed by atoms with Gasteiger partial charge in [-0.25, -0.2) is 13.2 Å². The lowest BCUT2D eigenvalue weighted by Gasteiger charge is -2.40. The molecule has 31 heavy (non-hydrogen) atoms. The van der Waals surface area contributed by atoms with Crippen LogP contribution in [0.4, 0.5) is 13.2 Å². The first-order valence-electron chi connectivity index (χ1n) is 10.6. The maximum atomic E-state index is 14.5. The van der Waals surface area contributed by atoms with E-state index in [9.17, 15) is 23.1 Å². The lowest BCUT2D eigenvalue weighted by atomic mass is 9.69. The highest BCUT2D eigenvalue weighted by Gasteiger charge is 2.40. The number of halogens is 3. The van der Waals surface area contributed by atoms with Crippen LogP contribution < -0.4 is 0 Å². The lowest BCUT2D eigenvalue weighted by Crippen LogP contribution is -2.47. The highest BCUT2D eigenvalue weighted by molar-refractivity contribution is 5.92. The Kier molecular flexibility index (Phi) is 5.01. The molecule has 1 atom stereocenters. The summed E-state index contributed by atoms with van der Waals surface area (Å²) in [7, 11) is 0. The van der Waals surface area contributed by atoms with E-state index in [1.165, 1.54) is 18.2 Å². The molecule has 1 aliphatic heterocycles. The van der Waals surface area contributed by atoms with Gasteiger partial charge >= 0.3 is 0 Å². The zero-order valence-electron chi connectivity index (χ0n) is 16.9. The Balaban J connectivity index is 1.47. The molecule has 2 aromatic carbocycles. The first-order valence-corrected chi connectivity index (χ1v) is 10.6. The van der Waals surface area contributed by atoms with Crippen molar-refractivity contribution in [3.63, 3.8) is 0 Å². The highest BCUT2D eigenvalue weighted by Crippen LogP contribution is 2.49. The molecule has 5 rings (SSSR count). The number of β-amino-alcohol motifs (C(OH)–C–C–N with tert-alkyl or cyclic N) is 1. The minimum atomic E-state index is -0.682. The molecule has 1 saturated carbocycles. The Morgan fingerprint density at radius 2 is 1.81 bits per heavy atom. The molecule has 162 valence electrons. The molecular formula is C24H23F3N2O2. The number of nitrogens with one attached hydrogen (secondary N) is 1. The van der Waals surface area contributed by atoms with E-state index >= 15 is 0 Å². The van der Waals surface area contributed by atoms with Crippen LogP contribution in [0.5, 0.6) is 0 Å². The van der Waals surface area contributed by atoms with Crippen molar-refractivity contribution >= 4 is 16.8 Å². The van der Waals surface area contributed by atoms with Crippen molar-refractivity contribution in [1.82, 2.24) is 9.88 Å². The van der Waals surface area contributed by atoms with Gasteiger partial charge in [0.25, 0.3) is 0 Å². The van der Waals surface area contributed by atoms with Crippen LogP contribution in [0.2, 0.25) is 0 Å². The van der Waals surface area contributed by atoms with Crippen LogP contribution in [-0.2, 0) is 4.79 Å². The van der Waals surface area contributed by atoms with Gasteiger partial charge in [0.2, 0.25) is 5.91 Å². The van der Waals surface area contributed by atoms with Crippen molar-refractivity contribution in [2.45, 2.75) is 37.7 Å². The van der Waals surface area contributed by atoms with Gasteiger partial charge in [-0.15, -0.1) is 0 Å². The monoisotopic (exact) mass is 428 g/mol. The predicted octanol–water partition coefficient (Wildman–Crippen LogP) is 4.73.